The number of benzene rings is 4. The van der Waals surface area contributed by atoms with Crippen LogP contribution in [0.1, 0.15) is 15.9 Å². The number of thioether (sulfide) groups is 1. The van der Waals surface area contributed by atoms with Crippen molar-refractivity contribution in [2.75, 3.05) is 30.6 Å². The summed E-state index contributed by atoms with van der Waals surface area (Å²) in [6, 6.07) is 25.7. The van der Waals surface area contributed by atoms with E-state index in [9.17, 15) is 14.4 Å². The molecule has 0 heterocycles. The molecule has 0 fully saturated rings. The predicted molar refractivity (Wildman–Crippen MR) is 172 cm³/mol. The lowest BCUT2D eigenvalue weighted by Gasteiger charge is -2.13. The van der Waals surface area contributed by atoms with Gasteiger partial charge < -0.3 is 25.4 Å². The Kier molecular flexibility index (Phi) is 11.1. The van der Waals surface area contributed by atoms with Crippen molar-refractivity contribution in [1.82, 2.24) is 5.32 Å². The molecule has 43 heavy (non-hydrogen) atoms. The lowest BCUT2D eigenvalue weighted by Crippen LogP contribution is -2.30. The van der Waals surface area contributed by atoms with Crippen LogP contribution >= 0.6 is 35.0 Å². The van der Waals surface area contributed by atoms with Crippen molar-refractivity contribution in [3.05, 3.63) is 118 Å². The molecule has 0 saturated heterocycles. The van der Waals surface area contributed by atoms with E-state index >= 15 is 0 Å². The number of rotatable bonds is 11. The number of carbonyl (C=O) groups excluding carboxylic acids is 3. The van der Waals surface area contributed by atoms with E-state index in [1.807, 2.05) is 6.07 Å². The monoisotopic (exact) mass is 635 g/mol. The van der Waals surface area contributed by atoms with Crippen LogP contribution in [0.15, 0.2) is 102 Å². The summed E-state index contributed by atoms with van der Waals surface area (Å²) in [6.45, 7) is 0. The summed E-state index contributed by atoms with van der Waals surface area (Å²) in [7, 11) is 3.04. The van der Waals surface area contributed by atoms with Crippen molar-refractivity contribution in [3.63, 3.8) is 0 Å². The third kappa shape index (κ3) is 8.78. The van der Waals surface area contributed by atoms with Gasteiger partial charge in [-0.25, -0.2) is 0 Å². The minimum Gasteiger partial charge on any atom is -0.497 e. The molecule has 0 aliphatic rings. The SMILES string of the molecule is COc1ccc(/C=C(/NC(=O)c2ccccc2)C(=O)Nc2cccc(SCC(=O)Nc3cccc(Cl)c3Cl)c2)c(OC)c1. The minimum absolute atomic E-state index is 0.00634. The Morgan fingerprint density at radius 1 is 0.837 bits per heavy atom. The molecule has 3 amide bonds. The zero-order valence-electron chi connectivity index (χ0n) is 23.2. The molecule has 8 nitrogen and oxygen atoms in total. The van der Waals surface area contributed by atoms with E-state index < -0.39 is 11.8 Å². The number of hydrogen-bond acceptors (Lipinski definition) is 6. The van der Waals surface area contributed by atoms with Gasteiger partial charge >= 0.3 is 0 Å². The topological polar surface area (TPSA) is 106 Å². The van der Waals surface area contributed by atoms with Crippen LogP contribution in [0.4, 0.5) is 11.4 Å². The third-order valence-electron chi connectivity index (χ3n) is 5.96. The first-order valence-electron chi connectivity index (χ1n) is 12.9. The summed E-state index contributed by atoms with van der Waals surface area (Å²) in [4.78, 5) is 39.7. The van der Waals surface area contributed by atoms with Crippen LogP contribution in [-0.4, -0.2) is 37.7 Å². The molecule has 0 aliphatic carbocycles. The average molecular weight is 637 g/mol. The molecule has 4 aromatic carbocycles. The quantitative estimate of drug-likeness (QED) is 0.119. The van der Waals surface area contributed by atoms with Crippen molar-refractivity contribution in [3.8, 4) is 11.5 Å². The van der Waals surface area contributed by atoms with E-state index in [-0.39, 0.29) is 22.4 Å². The maximum Gasteiger partial charge on any atom is 0.272 e. The summed E-state index contributed by atoms with van der Waals surface area (Å²) < 4.78 is 10.7. The van der Waals surface area contributed by atoms with Crippen LogP contribution in [0.3, 0.4) is 0 Å². The number of carbonyl (C=O) groups is 3. The molecule has 4 rings (SSSR count). The molecule has 3 N–H and O–H groups in total. The van der Waals surface area contributed by atoms with Crippen molar-refractivity contribution in [1.29, 1.82) is 0 Å². The highest BCUT2D eigenvalue weighted by atomic mass is 35.5. The highest BCUT2D eigenvalue weighted by Crippen LogP contribution is 2.30. The van der Waals surface area contributed by atoms with E-state index in [0.717, 1.165) is 4.90 Å². The van der Waals surface area contributed by atoms with Crippen LogP contribution in [0.2, 0.25) is 10.0 Å². The number of halogens is 2. The number of hydrogen-bond donors (Lipinski definition) is 3. The number of anilines is 2. The standard InChI is InChI=1S/C32H27Cl2N3O5S/c1-41-23-15-14-21(28(18-23)42-2)16-27(37-31(39)20-8-4-3-5-9-20)32(40)35-22-10-6-11-24(17-22)43-19-29(38)36-26-13-7-12-25(33)30(26)34/h3-18H,19H2,1-2H3,(H,35,40)(H,36,38)(H,37,39)/b27-16+. The van der Waals surface area contributed by atoms with Crippen molar-refractivity contribution >= 4 is 70.1 Å². The van der Waals surface area contributed by atoms with Crippen molar-refractivity contribution in [2.45, 2.75) is 4.90 Å². The Balaban J connectivity index is 1.51. The molecule has 0 radical (unpaired) electrons. The molecule has 0 aliphatic heterocycles. The van der Waals surface area contributed by atoms with Gasteiger partial charge in [-0.2, -0.15) is 0 Å². The molecule has 0 saturated carbocycles. The van der Waals surface area contributed by atoms with Crippen molar-refractivity contribution < 1.29 is 23.9 Å². The van der Waals surface area contributed by atoms with Crippen molar-refractivity contribution in [2.24, 2.45) is 0 Å². The third-order valence-corrected chi connectivity index (χ3v) is 7.77. The van der Waals surface area contributed by atoms with E-state index in [2.05, 4.69) is 16.0 Å². The number of methoxy groups -OCH3 is 2. The fourth-order valence-corrected chi connectivity index (χ4v) is 4.94. The molecule has 0 spiro atoms. The molecule has 0 aromatic heterocycles. The fourth-order valence-electron chi connectivity index (χ4n) is 3.83. The molecule has 0 atom stereocenters. The van der Waals surface area contributed by atoms with Gasteiger partial charge in [-0.05, 0) is 60.7 Å². The second-order valence-electron chi connectivity index (χ2n) is 8.91. The Morgan fingerprint density at radius 2 is 1.60 bits per heavy atom. The van der Waals surface area contributed by atoms with Gasteiger partial charge in [-0.1, -0.05) is 53.5 Å². The highest BCUT2D eigenvalue weighted by Gasteiger charge is 2.17. The second-order valence-corrected chi connectivity index (χ2v) is 10.7. The summed E-state index contributed by atoms with van der Waals surface area (Å²) in [5.74, 6) is -0.162. The van der Waals surface area contributed by atoms with Gasteiger partial charge in [0.15, 0.2) is 0 Å². The zero-order chi connectivity index (χ0) is 30.8. The van der Waals surface area contributed by atoms with E-state index in [4.69, 9.17) is 32.7 Å². The summed E-state index contributed by atoms with van der Waals surface area (Å²) in [5, 5.41) is 8.89. The maximum atomic E-state index is 13.5. The van der Waals surface area contributed by atoms with Crippen LogP contribution in [-0.2, 0) is 9.59 Å². The van der Waals surface area contributed by atoms with Gasteiger partial charge in [0, 0.05) is 27.8 Å². The largest absolute Gasteiger partial charge is 0.497 e. The number of amides is 3. The molecule has 0 unspecified atom stereocenters. The average Bonchev–Trinajstić information content (AvgIpc) is 3.02. The molecule has 220 valence electrons. The normalized spacial score (nSPS) is 10.9. The number of nitrogens with one attached hydrogen (secondary N) is 3. The first-order chi connectivity index (χ1) is 20.8. The molecule has 4 aromatic rings. The summed E-state index contributed by atoms with van der Waals surface area (Å²) in [6.07, 6.45) is 1.53. The summed E-state index contributed by atoms with van der Waals surface area (Å²) in [5.41, 5.74) is 1.82. The Hall–Kier alpha value is -4.44. The van der Waals surface area contributed by atoms with Crippen LogP contribution in [0, 0.1) is 0 Å². The minimum atomic E-state index is -0.558. The van der Waals surface area contributed by atoms with Crippen LogP contribution < -0.4 is 25.4 Å². The molecular weight excluding hydrogens is 609 g/mol. The zero-order valence-corrected chi connectivity index (χ0v) is 25.5. The second kappa shape index (κ2) is 15.2. The first kappa shape index (κ1) is 31.5. The summed E-state index contributed by atoms with van der Waals surface area (Å²) >= 11 is 13.5. The molecular formula is C32H27Cl2N3O5S. The van der Waals surface area contributed by atoms with Gasteiger partial charge in [-0.3, -0.25) is 14.4 Å². The van der Waals surface area contributed by atoms with E-state index in [1.165, 1.54) is 32.1 Å². The maximum absolute atomic E-state index is 13.5. The predicted octanol–water partition coefficient (Wildman–Crippen LogP) is 7.15. The van der Waals surface area contributed by atoms with Gasteiger partial charge in [0.1, 0.15) is 17.2 Å². The number of ether oxygens (including phenoxy) is 2. The lowest BCUT2D eigenvalue weighted by molar-refractivity contribution is -0.114. The lowest BCUT2D eigenvalue weighted by atomic mass is 10.1. The molecule has 0 bridgehead atoms. The van der Waals surface area contributed by atoms with Gasteiger partial charge in [0.2, 0.25) is 5.91 Å². The van der Waals surface area contributed by atoms with E-state index in [1.54, 1.807) is 84.9 Å². The Labute approximate surface area is 263 Å². The van der Waals surface area contributed by atoms with Crippen LogP contribution in [0.5, 0.6) is 11.5 Å². The van der Waals surface area contributed by atoms with Gasteiger partial charge in [-0.15, -0.1) is 11.8 Å². The highest BCUT2D eigenvalue weighted by molar-refractivity contribution is 8.00. The smallest absolute Gasteiger partial charge is 0.272 e. The van der Waals surface area contributed by atoms with Crippen LogP contribution in [0.25, 0.3) is 6.08 Å². The van der Waals surface area contributed by atoms with Gasteiger partial charge in [0.05, 0.1) is 35.7 Å². The molecule has 11 heteroatoms. The Bertz CT molecular complexity index is 1660. The van der Waals surface area contributed by atoms with E-state index in [0.29, 0.717) is 39.0 Å². The fraction of sp³-hybridized carbons (Fsp3) is 0.0938. The van der Waals surface area contributed by atoms with Gasteiger partial charge in [0.25, 0.3) is 11.8 Å². The Morgan fingerprint density at radius 3 is 2.35 bits per heavy atom. The first-order valence-corrected chi connectivity index (χ1v) is 14.6.